The number of hydrogen-bond donors (Lipinski definition) is 3. The summed E-state index contributed by atoms with van der Waals surface area (Å²) in [6.07, 6.45) is 0.740. The summed E-state index contributed by atoms with van der Waals surface area (Å²) >= 11 is 0. The van der Waals surface area contributed by atoms with Crippen LogP contribution in [-0.2, 0) is 10.0 Å². The van der Waals surface area contributed by atoms with Crippen LogP contribution in [0.3, 0.4) is 0 Å². The van der Waals surface area contributed by atoms with Gasteiger partial charge in [0.25, 0.3) is 5.56 Å². The minimum atomic E-state index is -3.74. The van der Waals surface area contributed by atoms with E-state index in [2.05, 4.69) is 15.3 Å². The minimum absolute atomic E-state index is 0.0323. The van der Waals surface area contributed by atoms with E-state index in [4.69, 9.17) is 0 Å². The number of para-hydroxylation sites is 1. The number of sulfonamides is 1. The molecule has 31 heavy (non-hydrogen) atoms. The summed E-state index contributed by atoms with van der Waals surface area (Å²) in [6, 6.07) is 13.0. The average Bonchev–Trinajstić information content (AvgIpc) is 3.41. The second-order valence-corrected chi connectivity index (χ2v) is 9.79. The Morgan fingerprint density at radius 3 is 2.65 bits per heavy atom. The van der Waals surface area contributed by atoms with Gasteiger partial charge in [-0.25, -0.2) is 12.8 Å². The second-order valence-electron chi connectivity index (χ2n) is 7.79. The van der Waals surface area contributed by atoms with Crippen molar-refractivity contribution in [3.05, 3.63) is 64.7 Å². The van der Waals surface area contributed by atoms with Gasteiger partial charge in [-0.05, 0) is 48.7 Å². The van der Waals surface area contributed by atoms with Gasteiger partial charge in [0, 0.05) is 30.5 Å². The number of benzene rings is 2. The van der Waals surface area contributed by atoms with Gasteiger partial charge in [0.05, 0.1) is 21.7 Å². The molecule has 4 aromatic rings. The lowest BCUT2D eigenvalue weighted by Crippen LogP contribution is -2.38. The first-order valence-corrected chi connectivity index (χ1v) is 11.4. The molecule has 0 bridgehead atoms. The van der Waals surface area contributed by atoms with E-state index >= 15 is 4.39 Å². The molecule has 1 fully saturated rings. The molecule has 3 N–H and O–H groups in total. The first-order chi connectivity index (χ1) is 14.9. The quantitative estimate of drug-likeness (QED) is 0.455. The van der Waals surface area contributed by atoms with Crippen molar-refractivity contribution in [1.29, 1.82) is 0 Å². The van der Waals surface area contributed by atoms with Crippen molar-refractivity contribution in [3.8, 4) is 11.3 Å². The van der Waals surface area contributed by atoms with Crippen LogP contribution in [0.5, 0.6) is 0 Å². The summed E-state index contributed by atoms with van der Waals surface area (Å²) in [6.45, 7) is 1.37. The molecule has 1 atom stereocenters. The van der Waals surface area contributed by atoms with E-state index in [-0.39, 0.29) is 27.6 Å². The highest BCUT2D eigenvalue weighted by Gasteiger charge is 2.30. The fourth-order valence-electron chi connectivity index (χ4n) is 4.13. The molecule has 1 saturated heterocycles. The average molecular weight is 441 g/mol. The summed E-state index contributed by atoms with van der Waals surface area (Å²) < 4.78 is 42.7. The zero-order valence-electron chi connectivity index (χ0n) is 16.8. The predicted molar refractivity (Wildman–Crippen MR) is 118 cm³/mol. The number of nitrogens with one attached hydrogen (secondary N) is 3. The van der Waals surface area contributed by atoms with Crippen molar-refractivity contribution in [3.63, 3.8) is 0 Å². The van der Waals surface area contributed by atoms with Gasteiger partial charge in [0.15, 0.2) is 5.82 Å². The maximum Gasteiger partial charge on any atom is 0.257 e. The van der Waals surface area contributed by atoms with E-state index in [0.717, 1.165) is 18.4 Å². The molecule has 1 aliphatic heterocycles. The Balaban J connectivity index is 1.61. The van der Waals surface area contributed by atoms with Crippen LogP contribution >= 0.6 is 0 Å². The van der Waals surface area contributed by atoms with Crippen LogP contribution in [0, 0.1) is 5.82 Å². The van der Waals surface area contributed by atoms with Crippen LogP contribution in [-0.4, -0.2) is 48.9 Å². The lowest BCUT2D eigenvalue weighted by molar-refractivity contribution is 0.388. The van der Waals surface area contributed by atoms with E-state index < -0.39 is 21.4 Å². The minimum Gasteiger partial charge on any atom is -0.352 e. The molecule has 3 heterocycles. The number of aromatic amines is 2. The van der Waals surface area contributed by atoms with Gasteiger partial charge in [-0.3, -0.25) is 4.79 Å². The number of hydrogen-bond acceptors (Lipinski definition) is 4. The Morgan fingerprint density at radius 1 is 1.06 bits per heavy atom. The molecule has 1 unspecified atom stereocenters. The topological polar surface area (TPSA) is 98.1 Å². The normalized spacial score (nSPS) is 17.2. The van der Waals surface area contributed by atoms with Crippen molar-refractivity contribution in [1.82, 2.24) is 19.6 Å². The molecule has 2 aromatic heterocycles. The lowest BCUT2D eigenvalue weighted by Gasteiger charge is -2.23. The summed E-state index contributed by atoms with van der Waals surface area (Å²) in [7, 11) is -2.17. The highest BCUT2D eigenvalue weighted by molar-refractivity contribution is 7.89. The zero-order valence-corrected chi connectivity index (χ0v) is 17.6. The van der Waals surface area contributed by atoms with E-state index in [1.807, 2.05) is 18.2 Å². The van der Waals surface area contributed by atoms with Crippen molar-refractivity contribution < 1.29 is 12.8 Å². The highest BCUT2D eigenvalue weighted by atomic mass is 32.2. The maximum atomic E-state index is 15.2. The Kier molecular flexibility index (Phi) is 4.69. The number of fused-ring (bicyclic) bond motifs is 2. The van der Waals surface area contributed by atoms with Crippen molar-refractivity contribution in [2.45, 2.75) is 17.4 Å². The molecule has 9 heteroatoms. The smallest absolute Gasteiger partial charge is 0.257 e. The molecule has 5 rings (SSSR count). The van der Waals surface area contributed by atoms with Crippen LogP contribution in [0.1, 0.15) is 6.42 Å². The first kappa shape index (κ1) is 19.9. The molecule has 0 saturated carbocycles. The van der Waals surface area contributed by atoms with Crippen LogP contribution in [0.2, 0.25) is 0 Å². The monoisotopic (exact) mass is 440 g/mol. The molecule has 1 aliphatic rings. The van der Waals surface area contributed by atoms with Gasteiger partial charge < -0.3 is 15.3 Å². The van der Waals surface area contributed by atoms with E-state index in [9.17, 15) is 13.2 Å². The van der Waals surface area contributed by atoms with Gasteiger partial charge in [0.2, 0.25) is 10.0 Å². The van der Waals surface area contributed by atoms with Crippen LogP contribution in [0.15, 0.2) is 58.2 Å². The van der Waals surface area contributed by atoms with Gasteiger partial charge in [-0.1, -0.05) is 18.2 Å². The largest absolute Gasteiger partial charge is 0.352 e. The summed E-state index contributed by atoms with van der Waals surface area (Å²) in [5.74, 6) is -0.590. The molecule has 2 aromatic carbocycles. The predicted octanol–water partition coefficient (Wildman–Crippen LogP) is 2.80. The lowest BCUT2D eigenvalue weighted by atomic mass is 10.1. The fourth-order valence-corrected chi connectivity index (χ4v) is 5.55. The van der Waals surface area contributed by atoms with Gasteiger partial charge in [-0.15, -0.1) is 0 Å². The molecular weight excluding hydrogens is 419 g/mol. The standard InChI is InChI=1S/C22H21FN4O3S/c1-27(14-8-9-24-12-14)31(29,30)15-6-7-16-19(11-15)25-21(20(16)23)17-10-13-4-2-3-5-18(13)26-22(17)28/h2-7,10-11,14,24-25H,8-9,12H2,1H3,(H,26,28). The number of likely N-dealkylation sites (N-methyl/N-ethyl adjacent to an activating group) is 1. The highest BCUT2D eigenvalue weighted by Crippen LogP contribution is 2.31. The molecule has 0 amide bonds. The fraction of sp³-hybridized carbons (Fsp3) is 0.227. The number of aromatic nitrogens is 2. The van der Waals surface area contributed by atoms with Crippen LogP contribution in [0.25, 0.3) is 33.1 Å². The molecule has 7 nitrogen and oxygen atoms in total. The molecule has 160 valence electrons. The molecular formula is C22H21FN4O3S. The Hall–Kier alpha value is -3.01. The Labute approximate surface area is 177 Å². The van der Waals surface area contributed by atoms with E-state index in [1.165, 1.54) is 22.5 Å². The van der Waals surface area contributed by atoms with Crippen molar-refractivity contribution in [2.24, 2.45) is 0 Å². The number of rotatable bonds is 4. The third-order valence-electron chi connectivity index (χ3n) is 5.95. The Morgan fingerprint density at radius 2 is 1.87 bits per heavy atom. The van der Waals surface area contributed by atoms with E-state index in [1.54, 1.807) is 19.2 Å². The zero-order chi connectivity index (χ0) is 21.8. The summed E-state index contributed by atoms with van der Waals surface area (Å²) in [5, 5.41) is 4.16. The van der Waals surface area contributed by atoms with Crippen LogP contribution in [0.4, 0.5) is 4.39 Å². The van der Waals surface area contributed by atoms with E-state index in [0.29, 0.717) is 17.6 Å². The SMILES string of the molecule is CN(C1CCNC1)S(=O)(=O)c1ccc2c(F)c(-c3cc4ccccc4[nH]c3=O)[nH]c2c1. The maximum absolute atomic E-state index is 15.2. The van der Waals surface area contributed by atoms with Gasteiger partial charge in [0.1, 0.15) is 0 Å². The van der Waals surface area contributed by atoms with Gasteiger partial charge >= 0.3 is 0 Å². The summed E-state index contributed by atoms with van der Waals surface area (Å²) in [5.41, 5.74) is 0.742. The van der Waals surface area contributed by atoms with Gasteiger partial charge in [-0.2, -0.15) is 4.31 Å². The summed E-state index contributed by atoms with van der Waals surface area (Å²) in [4.78, 5) is 18.3. The number of nitrogens with zero attached hydrogens (tertiary/aromatic N) is 1. The number of pyridine rings is 1. The first-order valence-electron chi connectivity index (χ1n) is 9.98. The molecule has 0 radical (unpaired) electrons. The third-order valence-corrected chi connectivity index (χ3v) is 7.86. The van der Waals surface area contributed by atoms with Crippen LogP contribution < -0.4 is 10.9 Å². The Bertz CT molecular complexity index is 1470. The number of halogens is 1. The third kappa shape index (κ3) is 3.25. The molecule has 0 aliphatic carbocycles. The van der Waals surface area contributed by atoms with Crippen molar-refractivity contribution in [2.75, 3.05) is 20.1 Å². The van der Waals surface area contributed by atoms with Crippen molar-refractivity contribution >= 4 is 31.8 Å². The number of H-pyrrole nitrogens is 2. The molecule has 0 spiro atoms. The second kappa shape index (κ2) is 7.30.